The lowest BCUT2D eigenvalue weighted by atomic mass is 10.2. The second-order valence-electron chi connectivity index (χ2n) is 4.74. The summed E-state index contributed by atoms with van der Waals surface area (Å²) in [6, 6.07) is 7.02. The zero-order valence-electron chi connectivity index (χ0n) is 13.0. The van der Waals surface area contributed by atoms with Gasteiger partial charge in [0.05, 0.1) is 12.8 Å². The summed E-state index contributed by atoms with van der Waals surface area (Å²) in [4.78, 5) is 18.6. The number of nitrogens with one attached hydrogen (secondary N) is 3. The number of aryl methyl sites for hydroxylation is 1. The molecule has 23 heavy (non-hydrogen) atoms. The van der Waals surface area contributed by atoms with Crippen LogP contribution in [0.2, 0.25) is 0 Å². The molecule has 8 heteroatoms. The van der Waals surface area contributed by atoms with Gasteiger partial charge in [-0.05, 0) is 44.0 Å². The van der Waals surface area contributed by atoms with Crippen LogP contribution in [0.1, 0.15) is 19.0 Å². The molecule has 0 aliphatic carbocycles. The third-order valence-corrected chi connectivity index (χ3v) is 2.98. The van der Waals surface area contributed by atoms with E-state index in [1.807, 2.05) is 19.1 Å². The SMILES string of the molecule is CCOc1ccc(NC(=O)NCCCc2cnc(N)[nH]2)cc1.Cl. The van der Waals surface area contributed by atoms with Gasteiger partial charge in [0.15, 0.2) is 5.95 Å². The molecule has 0 spiro atoms. The van der Waals surface area contributed by atoms with E-state index >= 15 is 0 Å². The number of amides is 2. The topological polar surface area (TPSA) is 105 Å². The highest BCUT2D eigenvalue weighted by molar-refractivity contribution is 5.89. The number of H-pyrrole nitrogens is 1. The van der Waals surface area contributed by atoms with Crippen molar-refractivity contribution in [2.24, 2.45) is 0 Å². The first-order valence-corrected chi connectivity index (χ1v) is 7.24. The van der Waals surface area contributed by atoms with E-state index in [-0.39, 0.29) is 18.4 Å². The van der Waals surface area contributed by atoms with Gasteiger partial charge in [0.2, 0.25) is 0 Å². The number of ether oxygens (including phenoxy) is 1. The van der Waals surface area contributed by atoms with Crippen LogP contribution in [0, 0.1) is 0 Å². The minimum atomic E-state index is -0.228. The summed E-state index contributed by atoms with van der Waals surface area (Å²) in [5, 5.41) is 5.57. The molecule has 0 fully saturated rings. The Balaban J connectivity index is 0.00000264. The predicted molar refractivity (Wildman–Crippen MR) is 93.2 cm³/mol. The van der Waals surface area contributed by atoms with E-state index in [0.29, 0.717) is 19.1 Å². The van der Waals surface area contributed by atoms with Gasteiger partial charge in [-0.25, -0.2) is 9.78 Å². The van der Waals surface area contributed by atoms with Gasteiger partial charge in [0, 0.05) is 17.9 Å². The number of aromatic amines is 1. The minimum Gasteiger partial charge on any atom is -0.494 e. The first kappa shape index (κ1) is 18.6. The number of carbonyl (C=O) groups excluding carboxylic acids is 1. The first-order valence-electron chi connectivity index (χ1n) is 7.24. The van der Waals surface area contributed by atoms with Crippen LogP contribution in [0.4, 0.5) is 16.4 Å². The Morgan fingerprint density at radius 3 is 2.70 bits per heavy atom. The van der Waals surface area contributed by atoms with Gasteiger partial charge < -0.3 is 26.1 Å². The Labute approximate surface area is 141 Å². The number of imidazole rings is 1. The van der Waals surface area contributed by atoms with Crippen molar-refractivity contribution in [3.8, 4) is 5.75 Å². The summed E-state index contributed by atoms with van der Waals surface area (Å²) in [5.41, 5.74) is 7.18. The van der Waals surface area contributed by atoms with Crippen molar-refractivity contribution in [2.75, 3.05) is 24.2 Å². The van der Waals surface area contributed by atoms with Crippen molar-refractivity contribution in [3.05, 3.63) is 36.2 Å². The number of nitrogen functional groups attached to an aromatic ring is 1. The molecular weight excluding hydrogens is 318 g/mol. The van der Waals surface area contributed by atoms with E-state index < -0.39 is 0 Å². The number of nitrogens with zero attached hydrogens (tertiary/aromatic N) is 1. The quantitative estimate of drug-likeness (QED) is 0.582. The molecule has 2 rings (SSSR count). The Kier molecular flexibility index (Phi) is 7.76. The number of hydrogen-bond acceptors (Lipinski definition) is 4. The number of carbonyl (C=O) groups is 1. The number of aromatic nitrogens is 2. The molecule has 0 saturated heterocycles. The monoisotopic (exact) mass is 339 g/mol. The lowest BCUT2D eigenvalue weighted by Gasteiger charge is -2.08. The second-order valence-corrected chi connectivity index (χ2v) is 4.74. The van der Waals surface area contributed by atoms with E-state index in [1.54, 1.807) is 18.3 Å². The Morgan fingerprint density at radius 2 is 2.09 bits per heavy atom. The van der Waals surface area contributed by atoms with Crippen LogP contribution in [0.5, 0.6) is 5.75 Å². The van der Waals surface area contributed by atoms with Crippen molar-refractivity contribution < 1.29 is 9.53 Å². The average Bonchev–Trinajstić information content (AvgIpc) is 2.92. The fraction of sp³-hybridized carbons (Fsp3) is 0.333. The summed E-state index contributed by atoms with van der Waals surface area (Å²) in [6.07, 6.45) is 3.29. The maximum absolute atomic E-state index is 11.7. The number of hydrogen-bond donors (Lipinski definition) is 4. The van der Waals surface area contributed by atoms with Crippen molar-refractivity contribution in [2.45, 2.75) is 19.8 Å². The molecule has 1 heterocycles. The molecule has 0 radical (unpaired) electrons. The van der Waals surface area contributed by atoms with Gasteiger partial charge >= 0.3 is 6.03 Å². The van der Waals surface area contributed by atoms with Gasteiger partial charge in [0.25, 0.3) is 0 Å². The summed E-state index contributed by atoms with van der Waals surface area (Å²) < 4.78 is 5.34. The lowest BCUT2D eigenvalue weighted by molar-refractivity contribution is 0.252. The van der Waals surface area contributed by atoms with Crippen LogP contribution in [-0.2, 0) is 6.42 Å². The molecule has 7 nitrogen and oxygen atoms in total. The Morgan fingerprint density at radius 1 is 1.35 bits per heavy atom. The third-order valence-electron chi connectivity index (χ3n) is 2.98. The third kappa shape index (κ3) is 6.48. The number of halogens is 1. The van der Waals surface area contributed by atoms with Crippen LogP contribution in [-0.4, -0.2) is 29.2 Å². The van der Waals surface area contributed by atoms with E-state index in [9.17, 15) is 4.79 Å². The van der Waals surface area contributed by atoms with Gasteiger partial charge in [-0.1, -0.05) is 0 Å². The largest absolute Gasteiger partial charge is 0.494 e. The van der Waals surface area contributed by atoms with E-state index in [1.165, 1.54) is 0 Å². The predicted octanol–water partition coefficient (Wildman–Crippen LogP) is 2.57. The lowest BCUT2D eigenvalue weighted by Crippen LogP contribution is -2.29. The van der Waals surface area contributed by atoms with E-state index in [0.717, 1.165) is 30.0 Å². The fourth-order valence-electron chi connectivity index (χ4n) is 1.96. The van der Waals surface area contributed by atoms with Crippen LogP contribution in [0.3, 0.4) is 0 Å². The summed E-state index contributed by atoms with van der Waals surface area (Å²) in [7, 11) is 0. The highest BCUT2D eigenvalue weighted by atomic mass is 35.5. The molecule has 0 aliphatic heterocycles. The van der Waals surface area contributed by atoms with Gasteiger partial charge in [-0.2, -0.15) is 0 Å². The number of rotatable bonds is 7. The van der Waals surface area contributed by atoms with Crippen molar-refractivity contribution >= 4 is 30.1 Å². The summed E-state index contributed by atoms with van der Waals surface area (Å²) >= 11 is 0. The molecule has 126 valence electrons. The normalized spacial score (nSPS) is 9.78. The first-order chi connectivity index (χ1) is 10.7. The van der Waals surface area contributed by atoms with Gasteiger partial charge in [-0.15, -0.1) is 12.4 Å². The maximum Gasteiger partial charge on any atom is 0.319 e. The maximum atomic E-state index is 11.7. The summed E-state index contributed by atoms with van der Waals surface area (Å²) in [5.74, 6) is 1.20. The molecule has 0 aliphatic rings. The number of benzene rings is 1. The van der Waals surface area contributed by atoms with Crippen molar-refractivity contribution in [3.63, 3.8) is 0 Å². The highest BCUT2D eigenvalue weighted by Crippen LogP contribution is 2.15. The van der Waals surface area contributed by atoms with Crippen molar-refractivity contribution in [1.29, 1.82) is 0 Å². The molecule has 0 saturated carbocycles. The second kappa shape index (κ2) is 9.58. The Hall–Kier alpha value is -2.41. The van der Waals surface area contributed by atoms with Crippen LogP contribution < -0.4 is 21.1 Å². The molecular formula is C15H22ClN5O2. The number of nitrogens with two attached hydrogens (primary N) is 1. The van der Waals surface area contributed by atoms with Gasteiger partial charge in [-0.3, -0.25) is 0 Å². The zero-order chi connectivity index (χ0) is 15.8. The molecule has 2 aromatic rings. The standard InChI is InChI=1S/C15H21N5O2.ClH/c1-2-22-13-7-5-11(6-8-13)20-15(21)17-9-3-4-12-10-18-14(16)19-12;/h5-8,10H,2-4,9H2,1H3,(H3,16,18,19)(H2,17,20,21);1H. The molecule has 1 aromatic heterocycles. The zero-order valence-corrected chi connectivity index (χ0v) is 13.8. The van der Waals surface area contributed by atoms with Crippen LogP contribution >= 0.6 is 12.4 Å². The van der Waals surface area contributed by atoms with Crippen LogP contribution in [0.25, 0.3) is 0 Å². The highest BCUT2D eigenvalue weighted by Gasteiger charge is 2.02. The fourth-order valence-corrected chi connectivity index (χ4v) is 1.96. The average molecular weight is 340 g/mol. The van der Waals surface area contributed by atoms with E-state index in [2.05, 4.69) is 20.6 Å². The minimum absolute atomic E-state index is 0. The number of urea groups is 1. The number of anilines is 2. The Bertz CT molecular complexity index is 600. The van der Waals surface area contributed by atoms with Crippen LogP contribution in [0.15, 0.2) is 30.5 Å². The van der Waals surface area contributed by atoms with Crippen molar-refractivity contribution in [1.82, 2.24) is 15.3 Å². The molecule has 0 unspecified atom stereocenters. The smallest absolute Gasteiger partial charge is 0.319 e. The molecule has 0 bridgehead atoms. The molecule has 5 N–H and O–H groups in total. The molecule has 0 atom stereocenters. The van der Waals surface area contributed by atoms with E-state index in [4.69, 9.17) is 10.5 Å². The molecule has 2 amide bonds. The summed E-state index contributed by atoms with van der Waals surface area (Å²) in [6.45, 7) is 3.12. The molecule has 1 aromatic carbocycles. The van der Waals surface area contributed by atoms with Gasteiger partial charge in [0.1, 0.15) is 5.75 Å².